The van der Waals surface area contributed by atoms with Crippen molar-refractivity contribution in [2.45, 2.75) is 26.7 Å². The lowest BCUT2D eigenvalue weighted by atomic mass is 9.98. The summed E-state index contributed by atoms with van der Waals surface area (Å²) in [6, 6.07) is 6.91. The Morgan fingerprint density at radius 1 is 1.00 bits per heavy atom. The fourth-order valence-corrected chi connectivity index (χ4v) is 3.00. The average molecular weight is 306 g/mol. The number of benzene rings is 1. The van der Waals surface area contributed by atoms with Crippen molar-refractivity contribution in [1.29, 1.82) is 0 Å². The minimum atomic E-state index is 0. The molecule has 3 rings (SSSR count). The molecule has 0 spiro atoms. The van der Waals surface area contributed by atoms with Gasteiger partial charge in [0.05, 0.1) is 0 Å². The van der Waals surface area contributed by atoms with Crippen LogP contribution in [0.2, 0.25) is 0 Å². The van der Waals surface area contributed by atoms with Crippen LogP contribution >= 0.6 is 12.4 Å². The number of aryl methyl sites for hydroxylation is 2. The van der Waals surface area contributed by atoms with Crippen LogP contribution in [0, 0.1) is 0 Å². The molecule has 1 aromatic heterocycles. The van der Waals surface area contributed by atoms with E-state index in [0.29, 0.717) is 0 Å². The highest BCUT2D eigenvalue weighted by atomic mass is 35.5. The second-order valence-electron chi connectivity index (χ2n) is 5.45. The first-order chi connectivity index (χ1) is 9.81. The van der Waals surface area contributed by atoms with E-state index in [1.807, 2.05) is 6.20 Å². The number of halogens is 1. The Labute approximate surface area is 133 Å². The molecular weight excluding hydrogens is 282 g/mol. The van der Waals surface area contributed by atoms with E-state index < -0.39 is 0 Å². The Bertz CT molecular complexity index is 606. The van der Waals surface area contributed by atoms with Gasteiger partial charge in [-0.2, -0.15) is 0 Å². The molecule has 1 aliphatic rings. The smallest absolute Gasteiger partial charge is 0.129 e. The van der Waals surface area contributed by atoms with E-state index in [9.17, 15) is 0 Å². The molecule has 1 aliphatic heterocycles. The lowest BCUT2D eigenvalue weighted by Gasteiger charge is -2.28. The van der Waals surface area contributed by atoms with E-state index in [2.05, 4.69) is 47.2 Å². The molecule has 0 saturated carbocycles. The Kier molecular flexibility index (Phi) is 5.43. The number of hydrogen-bond donors (Lipinski definition) is 1. The fourth-order valence-electron chi connectivity index (χ4n) is 3.00. The molecule has 0 amide bonds. The van der Waals surface area contributed by atoms with Gasteiger partial charge in [-0.15, -0.1) is 12.4 Å². The van der Waals surface area contributed by atoms with Gasteiger partial charge in [0.25, 0.3) is 0 Å². The van der Waals surface area contributed by atoms with E-state index in [-0.39, 0.29) is 12.4 Å². The van der Waals surface area contributed by atoms with Crippen molar-refractivity contribution >= 4 is 29.0 Å². The third-order valence-corrected chi connectivity index (χ3v) is 4.23. The topological polar surface area (TPSA) is 28.2 Å². The van der Waals surface area contributed by atoms with Gasteiger partial charge in [-0.1, -0.05) is 19.9 Å². The molecule has 1 N–H and O–H groups in total. The van der Waals surface area contributed by atoms with Crippen LogP contribution in [-0.2, 0) is 12.8 Å². The predicted molar refractivity (Wildman–Crippen MR) is 92.8 cm³/mol. The monoisotopic (exact) mass is 305 g/mol. The number of pyridine rings is 1. The standard InChI is InChI=1S/C17H23N3.ClH/c1-3-13-9-15-11-17(20-7-5-18-6-8-20)19-12-16(15)10-14(13)4-2;/h9-12,18H,3-8H2,1-2H3;1H. The van der Waals surface area contributed by atoms with Crippen molar-refractivity contribution in [1.82, 2.24) is 10.3 Å². The van der Waals surface area contributed by atoms with Crippen molar-refractivity contribution in [3.63, 3.8) is 0 Å². The van der Waals surface area contributed by atoms with E-state index in [1.54, 1.807) is 0 Å². The van der Waals surface area contributed by atoms with Crippen LogP contribution in [0.1, 0.15) is 25.0 Å². The van der Waals surface area contributed by atoms with Crippen molar-refractivity contribution < 1.29 is 0 Å². The molecule has 0 aliphatic carbocycles. The van der Waals surface area contributed by atoms with E-state index >= 15 is 0 Å². The Morgan fingerprint density at radius 3 is 2.24 bits per heavy atom. The quantitative estimate of drug-likeness (QED) is 0.944. The highest BCUT2D eigenvalue weighted by Gasteiger charge is 2.12. The van der Waals surface area contributed by atoms with Crippen LogP contribution < -0.4 is 10.2 Å². The minimum absolute atomic E-state index is 0. The average Bonchev–Trinajstić information content (AvgIpc) is 2.53. The molecule has 4 heteroatoms. The van der Waals surface area contributed by atoms with Gasteiger partial charge in [-0.05, 0) is 41.5 Å². The van der Waals surface area contributed by atoms with Crippen LogP contribution in [0.15, 0.2) is 24.4 Å². The molecule has 114 valence electrons. The molecular formula is C17H24ClN3. The summed E-state index contributed by atoms with van der Waals surface area (Å²) in [6.45, 7) is 8.66. The van der Waals surface area contributed by atoms with Crippen molar-refractivity contribution in [2.75, 3.05) is 31.1 Å². The van der Waals surface area contributed by atoms with E-state index in [0.717, 1.165) is 44.8 Å². The molecule has 0 bridgehead atoms. The Balaban J connectivity index is 0.00000161. The first-order valence-corrected chi connectivity index (χ1v) is 7.69. The lowest BCUT2D eigenvalue weighted by molar-refractivity contribution is 0.585. The van der Waals surface area contributed by atoms with Gasteiger partial charge in [-0.3, -0.25) is 0 Å². The Morgan fingerprint density at radius 2 is 1.62 bits per heavy atom. The highest BCUT2D eigenvalue weighted by Crippen LogP contribution is 2.24. The molecule has 3 nitrogen and oxygen atoms in total. The molecule has 0 radical (unpaired) electrons. The number of aromatic nitrogens is 1. The first-order valence-electron chi connectivity index (χ1n) is 7.69. The largest absolute Gasteiger partial charge is 0.354 e. The number of piperazine rings is 1. The third kappa shape index (κ3) is 3.30. The lowest BCUT2D eigenvalue weighted by Crippen LogP contribution is -2.43. The van der Waals surface area contributed by atoms with Crippen molar-refractivity contribution in [3.8, 4) is 0 Å². The zero-order valence-electron chi connectivity index (χ0n) is 12.9. The SMILES string of the molecule is CCc1cc2cnc(N3CCNCC3)cc2cc1CC.Cl. The fraction of sp³-hybridized carbons (Fsp3) is 0.471. The summed E-state index contributed by atoms with van der Waals surface area (Å²) < 4.78 is 0. The van der Waals surface area contributed by atoms with Crippen molar-refractivity contribution in [2.24, 2.45) is 0 Å². The van der Waals surface area contributed by atoms with Crippen LogP contribution in [0.4, 0.5) is 5.82 Å². The zero-order chi connectivity index (χ0) is 13.9. The van der Waals surface area contributed by atoms with Gasteiger partial charge in [-0.25, -0.2) is 4.98 Å². The van der Waals surface area contributed by atoms with Crippen LogP contribution in [-0.4, -0.2) is 31.2 Å². The number of nitrogens with one attached hydrogen (secondary N) is 1. The van der Waals surface area contributed by atoms with Crippen LogP contribution in [0.3, 0.4) is 0 Å². The number of anilines is 1. The van der Waals surface area contributed by atoms with E-state index in [4.69, 9.17) is 0 Å². The normalized spacial score (nSPS) is 15.0. The summed E-state index contributed by atoms with van der Waals surface area (Å²) in [5.41, 5.74) is 2.93. The van der Waals surface area contributed by atoms with Crippen molar-refractivity contribution in [3.05, 3.63) is 35.5 Å². The molecule has 1 aromatic carbocycles. The molecule has 2 aromatic rings. The summed E-state index contributed by atoms with van der Waals surface area (Å²) >= 11 is 0. The van der Waals surface area contributed by atoms with Crippen LogP contribution in [0.25, 0.3) is 10.8 Å². The number of fused-ring (bicyclic) bond motifs is 1. The maximum atomic E-state index is 4.66. The second kappa shape index (κ2) is 7.10. The summed E-state index contributed by atoms with van der Waals surface area (Å²) in [4.78, 5) is 7.03. The second-order valence-corrected chi connectivity index (χ2v) is 5.45. The van der Waals surface area contributed by atoms with Gasteiger partial charge in [0.2, 0.25) is 0 Å². The van der Waals surface area contributed by atoms with Gasteiger partial charge >= 0.3 is 0 Å². The van der Waals surface area contributed by atoms with Crippen LogP contribution in [0.5, 0.6) is 0 Å². The summed E-state index contributed by atoms with van der Waals surface area (Å²) in [5, 5.41) is 5.97. The van der Waals surface area contributed by atoms with Gasteiger partial charge < -0.3 is 10.2 Å². The molecule has 21 heavy (non-hydrogen) atoms. The molecule has 1 saturated heterocycles. The Hall–Kier alpha value is -1.32. The minimum Gasteiger partial charge on any atom is -0.354 e. The highest BCUT2D eigenvalue weighted by molar-refractivity contribution is 5.86. The molecule has 0 unspecified atom stereocenters. The van der Waals surface area contributed by atoms with Gasteiger partial charge in [0.1, 0.15) is 5.82 Å². The number of rotatable bonds is 3. The molecule has 2 heterocycles. The molecule has 1 fully saturated rings. The van der Waals surface area contributed by atoms with Gasteiger partial charge in [0, 0.05) is 37.8 Å². The summed E-state index contributed by atoms with van der Waals surface area (Å²) in [5.74, 6) is 1.12. The zero-order valence-corrected chi connectivity index (χ0v) is 13.7. The first kappa shape index (κ1) is 16.1. The third-order valence-electron chi connectivity index (χ3n) is 4.23. The molecule has 0 atom stereocenters. The van der Waals surface area contributed by atoms with E-state index in [1.165, 1.54) is 21.9 Å². The number of nitrogens with zero attached hydrogens (tertiary/aromatic N) is 2. The maximum Gasteiger partial charge on any atom is 0.129 e. The summed E-state index contributed by atoms with van der Waals surface area (Å²) in [6.07, 6.45) is 4.23. The predicted octanol–water partition coefficient (Wildman–Crippen LogP) is 3.19. The maximum absolute atomic E-state index is 4.66. The summed E-state index contributed by atoms with van der Waals surface area (Å²) in [7, 11) is 0. The van der Waals surface area contributed by atoms with Gasteiger partial charge in [0.15, 0.2) is 0 Å². The number of hydrogen-bond acceptors (Lipinski definition) is 3.